The van der Waals surface area contributed by atoms with E-state index < -0.39 is 0 Å². The molecule has 0 aliphatic heterocycles. The molecular formula is C15H20BrCl2N5O. The minimum atomic E-state index is -0.000509. The van der Waals surface area contributed by atoms with E-state index in [9.17, 15) is 4.79 Å². The number of carbonyl (C=O) groups is 1. The number of nitrogens with one attached hydrogen (secondary N) is 1. The summed E-state index contributed by atoms with van der Waals surface area (Å²) in [5.41, 5.74) is 2.67. The Bertz CT molecular complexity index is 741. The minimum Gasteiger partial charge on any atom is -0.356 e. The largest absolute Gasteiger partial charge is 0.356 e. The van der Waals surface area contributed by atoms with Crippen LogP contribution in [0.3, 0.4) is 0 Å². The third-order valence-electron chi connectivity index (χ3n) is 3.71. The van der Waals surface area contributed by atoms with Crippen LogP contribution < -0.4 is 5.32 Å². The number of amides is 1. The van der Waals surface area contributed by atoms with E-state index in [-0.39, 0.29) is 5.91 Å². The standard InChI is InChI=1S/C15H20BrCl2N5O/c1-9-13(16)11(3)22(20-9)8-5-12(24)19-6-4-7-23-15(18)14(17)10(2)21-23/h4-8H2,1-3H3,(H,19,24). The van der Waals surface area contributed by atoms with Crippen LogP contribution >= 0.6 is 39.1 Å². The van der Waals surface area contributed by atoms with Crippen molar-refractivity contribution in [1.29, 1.82) is 0 Å². The van der Waals surface area contributed by atoms with Gasteiger partial charge < -0.3 is 5.32 Å². The Hall–Kier alpha value is -1.05. The second kappa shape index (κ2) is 8.36. The van der Waals surface area contributed by atoms with Crippen molar-refractivity contribution in [3.8, 4) is 0 Å². The van der Waals surface area contributed by atoms with Gasteiger partial charge in [-0.15, -0.1) is 0 Å². The molecule has 0 saturated heterocycles. The molecule has 24 heavy (non-hydrogen) atoms. The summed E-state index contributed by atoms with van der Waals surface area (Å²) < 4.78 is 4.49. The molecule has 2 heterocycles. The number of hydrogen-bond acceptors (Lipinski definition) is 3. The molecule has 6 nitrogen and oxygen atoms in total. The molecule has 0 spiro atoms. The first-order valence-corrected chi connectivity index (χ1v) is 9.20. The predicted octanol–water partition coefficient (Wildman–Crippen LogP) is 3.67. The second-order valence-electron chi connectivity index (χ2n) is 5.57. The Labute approximate surface area is 159 Å². The Balaban J connectivity index is 1.71. The van der Waals surface area contributed by atoms with E-state index >= 15 is 0 Å². The molecule has 0 atom stereocenters. The molecular weight excluding hydrogens is 417 g/mol. The van der Waals surface area contributed by atoms with Gasteiger partial charge in [-0.2, -0.15) is 10.2 Å². The highest BCUT2D eigenvalue weighted by Gasteiger charge is 2.11. The maximum absolute atomic E-state index is 11.9. The molecule has 0 unspecified atom stereocenters. The van der Waals surface area contributed by atoms with E-state index in [0.717, 1.165) is 22.3 Å². The topological polar surface area (TPSA) is 64.7 Å². The number of hydrogen-bond donors (Lipinski definition) is 1. The second-order valence-corrected chi connectivity index (χ2v) is 7.10. The van der Waals surface area contributed by atoms with E-state index in [0.29, 0.717) is 41.9 Å². The van der Waals surface area contributed by atoms with Crippen LogP contribution in [-0.4, -0.2) is 32.0 Å². The summed E-state index contributed by atoms with van der Waals surface area (Å²) in [6.07, 6.45) is 1.12. The number of rotatable bonds is 7. The van der Waals surface area contributed by atoms with E-state index in [4.69, 9.17) is 23.2 Å². The Morgan fingerprint density at radius 2 is 1.79 bits per heavy atom. The van der Waals surface area contributed by atoms with Gasteiger partial charge in [0.15, 0.2) is 0 Å². The minimum absolute atomic E-state index is 0.000509. The zero-order valence-electron chi connectivity index (χ0n) is 13.9. The van der Waals surface area contributed by atoms with Crippen LogP contribution in [0, 0.1) is 20.8 Å². The number of aromatic nitrogens is 4. The van der Waals surface area contributed by atoms with Crippen LogP contribution in [0.2, 0.25) is 10.2 Å². The van der Waals surface area contributed by atoms with Gasteiger partial charge in [-0.3, -0.25) is 14.2 Å². The van der Waals surface area contributed by atoms with Gasteiger partial charge in [0.25, 0.3) is 0 Å². The van der Waals surface area contributed by atoms with E-state index in [1.807, 2.05) is 25.5 Å². The molecule has 1 amide bonds. The highest BCUT2D eigenvalue weighted by atomic mass is 79.9. The summed E-state index contributed by atoms with van der Waals surface area (Å²) in [7, 11) is 0. The predicted molar refractivity (Wildman–Crippen MR) is 98.6 cm³/mol. The van der Waals surface area contributed by atoms with Crippen LogP contribution in [0.1, 0.15) is 29.9 Å². The van der Waals surface area contributed by atoms with Crippen molar-refractivity contribution >= 4 is 45.0 Å². The molecule has 0 saturated carbocycles. The molecule has 0 radical (unpaired) electrons. The quantitative estimate of drug-likeness (QED) is 0.673. The summed E-state index contributed by atoms with van der Waals surface area (Å²) in [4.78, 5) is 11.9. The zero-order chi connectivity index (χ0) is 17.9. The van der Waals surface area contributed by atoms with E-state index in [1.54, 1.807) is 4.68 Å². The smallest absolute Gasteiger partial charge is 0.221 e. The van der Waals surface area contributed by atoms with E-state index in [1.165, 1.54) is 0 Å². The molecule has 2 rings (SSSR count). The lowest BCUT2D eigenvalue weighted by Gasteiger charge is -2.07. The summed E-state index contributed by atoms with van der Waals surface area (Å²) in [6.45, 7) is 7.45. The van der Waals surface area contributed by atoms with Crippen molar-refractivity contribution in [1.82, 2.24) is 24.9 Å². The highest BCUT2D eigenvalue weighted by molar-refractivity contribution is 9.10. The first-order chi connectivity index (χ1) is 11.3. The number of aryl methyl sites for hydroxylation is 4. The third-order valence-corrected chi connectivity index (χ3v) is 5.79. The average Bonchev–Trinajstić information content (AvgIpc) is 2.94. The first kappa shape index (κ1) is 19.3. The fraction of sp³-hybridized carbons (Fsp3) is 0.533. The molecule has 1 N–H and O–H groups in total. The van der Waals surface area contributed by atoms with Gasteiger partial charge in [0, 0.05) is 25.2 Å². The van der Waals surface area contributed by atoms with Crippen LogP contribution in [-0.2, 0) is 17.9 Å². The Morgan fingerprint density at radius 1 is 1.12 bits per heavy atom. The van der Waals surface area contributed by atoms with Crippen LogP contribution in [0.15, 0.2) is 4.47 Å². The van der Waals surface area contributed by atoms with Gasteiger partial charge in [-0.05, 0) is 43.1 Å². The molecule has 0 aromatic carbocycles. The number of halogens is 3. The maximum atomic E-state index is 11.9. The SMILES string of the molecule is Cc1nn(CCCNC(=O)CCn2nc(C)c(Br)c2C)c(Cl)c1Cl. The molecule has 0 aliphatic carbocycles. The number of nitrogens with zero attached hydrogens (tertiary/aromatic N) is 4. The van der Waals surface area contributed by atoms with Gasteiger partial charge >= 0.3 is 0 Å². The summed E-state index contributed by atoms with van der Waals surface area (Å²) in [6, 6.07) is 0. The van der Waals surface area contributed by atoms with Gasteiger partial charge in [-0.25, -0.2) is 0 Å². The molecule has 9 heteroatoms. The highest BCUT2D eigenvalue weighted by Crippen LogP contribution is 2.24. The van der Waals surface area contributed by atoms with Crippen LogP contribution in [0.5, 0.6) is 0 Å². The van der Waals surface area contributed by atoms with Gasteiger partial charge in [0.1, 0.15) is 10.2 Å². The maximum Gasteiger partial charge on any atom is 0.221 e. The molecule has 132 valence electrons. The van der Waals surface area contributed by atoms with Gasteiger partial charge in [0.05, 0.1) is 22.4 Å². The van der Waals surface area contributed by atoms with E-state index in [2.05, 4.69) is 31.4 Å². The monoisotopic (exact) mass is 435 g/mol. The fourth-order valence-electron chi connectivity index (χ4n) is 2.32. The van der Waals surface area contributed by atoms with Gasteiger partial charge in [0.2, 0.25) is 5.91 Å². The van der Waals surface area contributed by atoms with Crippen molar-refractivity contribution in [2.24, 2.45) is 0 Å². The number of carbonyl (C=O) groups excluding carboxylic acids is 1. The van der Waals surface area contributed by atoms with Crippen molar-refractivity contribution in [2.45, 2.75) is 46.7 Å². The van der Waals surface area contributed by atoms with Crippen LogP contribution in [0.4, 0.5) is 0 Å². The fourth-order valence-corrected chi connectivity index (χ4v) is 3.00. The Kier molecular flexibility index (Phi) is 6.71. The zero-order valence-corrected chi connectivity index (χ0v) is 17.0. The lowest BCUT2D eigenvalue weighted by Crippen LogP contribution is -2.26. The van der Waals surface area contributed by atoms with Crippen molar-refractivity contribution < 1.29 is 4.79 Å². The van der Waals surface area contributed by atoms with Crippen LogP contribution in [0.25, 0.3) is 0 Å². The van der Waals surface area contributed by atoms with Gasteiger partial charge in [-0.1, -0.05) is 23.2 Å². The first-order valence-electron chi connectivity index (χ1n) is 7.66. The van der Waals surface area contributed by atoms with Crippen molar-refractivity contribution in [3.63, 3.8) is 0 Å². The van der Waals surface area contributed by atoms with Crippen molar-refractivity contribution in [3.05, 3.63) is 31.7 Å². The third kappa shape index (κ3) is 4.52. The summed E-state index contributed by atoms with van der Waals surface area (Å²) in [5.74, 6) is -0.000509. The van der Waals surface area contributed by atoms with Crippen molar-refractivity contribution in [2.75, 3.05) is 6.54 Å². The molecule has 2 aromatic heterocycles. The normalized spacial score (nSPS) is 11.1. The summed E-state index contributed by atoms with van der Waals surface area (Å²) >= 11 is 15.5. The molecule has 0 fully saturated rings. The molecule has 2 aromatic rings. The lowest BCUT2D eigenvalue weighted by molar-refractivity contribution is -0.121. The Morgan fingerprint density at radius 3 is 2.33 bits per heavy atom. The molecule has 0 bridgehead atoms. The summed E-state index contributed by atoms with van der Waals surface area (Å²) in [5, 5.41) is 12.5. The molecule has 0 aliphatic rings. The average molecular weight is 437 g/mol. The lowest BCUT2D eigenvalue weighted by atomic mass is 10.3.